The van der Waals surface area contributed by atoms with Gasteiger partial charge in [0, 0.05) is 21.9 Å². The van der Waals surface area contributed by atoms with Crippen LogP contribution in [0.2, 0.25) is 0 Å². The van der Waals surface area contributed by atoms with Gasteiger partial charge in [-0.25, -0.2) is 4.68 Å². The molecule has 1 N–H and O–H groups in total. The van der Waals surface area contributed by atoms with Crippen LogP contribution in [0.3, 0.4) is 0 Å². The van der Waals surface area contributed by atoms with E-state index >= 15 is 0 Å². The van der Waals surface area contributed by atoms with Crippen molar-refractivity contribution in [2.75, 3.05) is 5.32 Å². The first-order valence-electron chi connectivity index (χ1n) is 6.48. The summed E-state index contributed by atoms with van der Waals surface area (Å²) in [4.78, 5) is 0. The van der Waals surface area contributed by atoms with E-state index in [1.54, 1.807) is 0 Å². The summed E-state index contributed by atoms with van der Waals surface area (Å²) in [5, 5.41) is 8.04. The van der Waals surface area contributed by atoms with E-state index in [1.807, 2.05) is 10.9 Å². The van der Waals surface area contributed by atoms with Crippen LogP contribution in [0.25, 0.3) is 11.3 Å². The number of anilines is 1. The molecular formula is C16H12BrN3. The highest BCUT2D eigenvalue weighted by Gasteiger charge is 2.24. The Balaban J connectivity index is 1.87. The fourth-order valence-electron chi connectivity index (χ4n) is 2.64. The van der Waals surface area contributed by atoms with Crippen LogP contribution in [0.15, 0.2) is 65.3 Å². The molecule has 1 unspecified atom stereocenters. The molecule has 0 fully saturated rings. The van der Waals surface area contributed by atoms with Crippen molar-refractivity contribution in [1.29, 1.82) is 0 Å². The van der Waals surface area contributed by atoms with Crippen LogP contribution < -0.4 is 5.32 Å². The van der Waals surface area contributed by atoms with Gasteiger partial charge in [-0.15, -0.1) is 0 Å². The molecule has 2 heterocycles. The van der Waals surface area contributed by atoms with Crippen molar-refractivity contribution in [3.8, 4) is 11.3 Å². The fraction of sp³-hybridized carbons (Fsp3) is 0.0625. The number of fused-ring (bicyclic) bond motifs is 3. The highest BCUT2D eigenvalue weighted by Crippen LogP contribution is 2.37. The maximum Gasteiger partial charge on any atom is 0.147 e. The molecule has 1 aromatic heterocycles. The molecule has 4 rings (SSSR count). The van der Waals surface area contributed by atoms with Crippen LogP contribution in [0.1, 0.15) is 11.7 Å². The van der Waals surface area contributed by atoms with Crippen molar-refractivity contribution in [3.63, 3.8) is 0 Å². The van der Waals surface area contributed by atoms with Gasteiger partial charge in [0.2, 0.25) is 0 Å². The maximum atomic E-state index is 4.48. The third kappa shape index (κ3) is 1.76. The molecule has 0 amide bonds. The Morgan fingerprint density at radius 3 is 2.65 bits per heavy atom. The van der Waals surface area contributed by atoms with E-state index in [2.05, 4.69) is 80.9 Å². The number of nitrogens with zero attached hydrogens (tertiary/aromatic N) is 2. The number of hydrogen-bond donors (Lipinski definition) is 1. The van der Waals surface area contributed by atoms with Crippen LogP contribution >= 0.6 is 15.9 Å². The van der Waals surface area contributed by atoms with Gasteiger partial charge >= 0.3 is 0 Å². The summed E-state index contributed by atoms with van der Waals surface area (Å²) in [6.45, 7) is 0. The molecule has 1 atom stereocenters. The zero-order valence-electron chi connectivity index (χ0n) is 10.6. The first-order valence-corrected chi connectivity index (χ1v) is 7.27. The van der Waals surface area contributed by atoms with Gasteiger partial charge in [0.1, 0.15) is 6.17 Å². The number of halogens is 1. The molecule has 0 radical (unpaired) electrons. The molecule has 1 aliphatic rings. The highest BCUT2D eigenvalue weighted by molar-refractivity contribution is 9.10. The summed E-state index contributed by atoms with van der Waals surface area (Å²) in [5.74, 6) is 0. The molecule has 3 aromatic rings. The molecule has 0 bridgehead atoms. The lowest BCUT2D eigenvalue weighted by Crippen LogP contribution is -2.25. The number of rotatable bonds is 1. The van der Waals surface area contributed by atoms with E-state index in [9.17, 15) is 0 Å². The molecule has 1 aliphatic heterocycles. The Hall–Kier alpha value is -2.07. The van der Waals surface area contributed by atoms with Gasteiger partial charge in [-0.1, -0.05) is 46.3 Å². The molecule has 0 saturated heterocycles. The number of benzene rings is 2. The topological polar surface area (TPSA) is 29.9 Å². The smallest absolute Gasteiger partial charge is 0.147 e. The summed E-state index contributed by atoms with van der Waals surface area (Å²) >= 11 is 3.48. The summed E-state index contributed by atoms with van der Waals surface area (Å²) < 4.78 is 3.11. The van der Waals surface area contributed by atoms with Crippen molar-refractivity contribution < 1.29 is 0 Å². The van der Waals surface area contributed by atoms with Gasteiger partial charge in [0.15, 0.2) is 0 Å². The predicted octanol–water partition coefficient (Wildman–Crippen LogP) is 4.29. The third-order valence-corrected chi connectivity index (χ3v) is 4.12. The number of para-hydroxylation sites is 1. The van der Waals surface area contributed by atoms with Crippen LogP contribution in [-0.4, -0.2) is 9.78 Å². The van der Waals surface area contributed by atoms with E-state index in [1.165, 1.54) is 11.1 Å². The Labute approximate surface area is 125 Å². The average molecular weight is 326 g/mol. The lowest BCUT2D eigenvalue weighted by atomic mass is 10.0. The Kier molecular flexibility index (Phi) is 2.63. The first kappa shape index (κ1) is 11.7. The third-order valence-electron chi connectivity index (χ3n) is 3.60. The van der Waals surface area contributed by atoms with E-state index in [-0.39, 0.29) is 6.17 Å². The molecule has 98 valence electrons. The Morgan fingerprint density at radius 1 is 1.00 bits per heavy atom. The minimum Gasteiger partial charge on any atom is -0.359 e. The van der Waals surface area contributed by atoms with E-state index in [0.29, 0.717) is 0 Å². The van der Waals surface area contributed by atoms with Crippen molar-refractivity contribution in [2.24, 2.45) is 0 Å². The van der Waals surface area contributed by atoms with Gasteiger partial charge in [0.25, 0.3) is 0 Å². The molecule has 0 aliphatic carbocycles. The maximum absolute atomic E-state index is 4.48. The van der Waals surface area contributed by atoms with Crippen LogP contribution in [0, 0.1) is 0 Å². The second-order valence-electron chi connectivity index (χ2n) is 4.81. The van der Waals surface area contributed by atoms with Crippen LogP contribution in [0.4, 0.5) is 5.69 Å². The quantitative estimate of drug-likeness (QED) is 0.723. The van der Waals surface area contributed by atoms with Crippen molar-refractivity contribution in [3.05, 3.63) is 70.8 Å². The van der Waals surface area contributed by atoms with Crippen molar-refractivity contribution >= 4 is 21.6 Å². The second kappa shape index (κ2) is 4.49. The minimum atomic E-state index is 0.0306. The van der Waals surface area contributed by atoms with Gasteiger partial charge < -0.3 is 5.32 Å². The largest absolute Gasteiger partial charge is 0.359 e. The van der Waals surface area contributed by atoms with Crippen molar-refractivity contribution in [1.82, 2.24) is 9.78 Å². The first-order chi connectivity index (χ1) is 9.83. The lowest BCUT2D eigenvalue weighted by Gasteiger charge is -2.29. The zero-order valence-corrected chi connectivity index (χ0v) is 12.2. The molecule has 20 heavy (non-hydrogen) atoms. The standard InChI is InChI=1S/C16H12BrN3/c17-12-7-5-11(6-8-12)16-19-14-4-2-1-3-13(14)15-9-10-18-20(15)16/h1-10,16,19H. The normalized spacial score (nSPS) is 16.1. The van der Waals surface area contributed by atoms with E-state index in [4.69, 9.17) is 0 Å². The summed E-state index contributed by atoms with van der Waals surface area (Å²) in [6, 6.07) is 18.7. The summed E-state index contributed by atoms with van der Waals surface area (Å²) in [5.41, 5.74) is 4.67. The summed E-state index contributed by atoms with van der Waals surface area (Å²) in [6.07, 6.45) is 1.88. The molecule has 4 heteroatoms. The minimum absolute atomic E-state index is 0.0306. The van der Waals surface area contributed by atoms with E-state index in [0.717, 1.165) is 15.9 Å². The van der Waals surface area contributed by atoms with Gasteiger partial charge in [-0.3, -0.25) is 0 Å². The number of aromatic nitrogens is 2. The van der Waals surface area contributed by atoms with E-state index < -0.39 is 0 Å². The van der Waals surface area contributed by atoms with Crippen LogP contribution in [-0.2, 0) is 0 Å². The second-order valence-corrected chi connectivity index (χ2v) is 5.72. The van der Waals surface area contributed by atoms with Gasteiger partial charge in [-0.05, 0) is 29.8 Å². The van der Waals surface area contributed by atoms with Crippen molar-refractivity contribution in [2.45, 2.75) is 6.17 Å². The average Bonchev–Trinajstić information content (AvgIpc) is 2.97. The fourth-order valence-corrected chi connectivity index (χ4v) is 2.91. The van der Waals surface area contributed by atoms with Gasteiger partial charge in [0.05, 0.1) is 5.69 Å². The molecular weight excluding hydrogens is 314 g/mol. The Bertz CT molecular complexity index is 761. The monoisotopic (exact) mass is 325 g/mol. The molecule has 3 nitrogen and oxygen atoms in total. The highest BCUT2D eigenvalue weighted by atomic mass is 79.9. The van der Waals surface area contributed by atoms with Gasteiger partial charge in [-0.2, -0.15) is 5.10 Å². The SMILES string of the molecule is Brc1ccc(C2Nc3ccccc3-c3ccnn32)cc1. The van der Waals surface area contributed by atoms with Crippen LogP contribution in [0.5, 0.6) is 0 Å². The number of hydrogen-bond acceptors (Lipinski definition) is 2. The summed E-state index contributed by atoms with van der Waals surface area (Å²) in [7, 11) is 0. The molecule has 2 aromatic carbocycles. The predicted molar refractivity (Wildman–Crippen MR) is 83.6 cm³/mol. The molecule has 0 saturated carbocycles. The number of nitrogens with one attached hydrogen (secondary N) is 1. The molecule has 0 spiro atoms. The lowest BCUT2D eigenvalue weighted by molar-refractivity contribution is 0.575. The Morgan fingerprint density at radius 2 is 1.80 bits per heavy atom. The zero-order chi connectivity index (χ0) is 13.5.